The van der Waals surface area contributed by atoms with E-state index in [9.17, 15) is 18.8 Å². The summed E-state index contributed by atoms with van der Waals surface area (Å²) in [5.74, 6) is -2.12. The molecule has 6 heteroatoms. The van der Waals surface area contributed by atoms with Crippen LogP contribution in [0, 0.1) is 18.2 Å². The SMILES string of the molecule is Cc1ccc(N2C(=O)NC(=O)C(C)(C)C2=O)c(F)c1. The number of hydrogen-bond acceptors (Lipinski definition) is 3. The lowest BCUT2D eigenvalue weighted by Gasteiger charge is -2.34. The van der Waals surface area contributed by atoms with Crippen LogP contribution >= 0.6 is 0 Å². The number of carbonyl (C=O) groups is 3. The van der Waals surface area contributed by atoms with Crippen molar-refractivity contribution in [2.45, 2.75) is 20.8 Å². The highest BCUT2D eigenvalue weighted by Crippen LogP contribution is 2.29. The summed E-state index contributed by atoms with van der Waals surface area (Å²) in [6, 6.07) is 3.22. The van der Waals surface area contributed by atoms with E-state index in [1.807, 2.05) is 0 Å². The highest BCUT2D eigenvalue weighted by atomic mass is 19.1. The number of amides is 4. The molecule has 5 nitrogen and oxygen atoms in total. The molecule has 1 aromatic rings. The molecule has 1 heterocycles. The van der Waals surface area contributed by atoms with Gasteiger partial charge in [0.1, 0.15) is 11.2 Å². The molecule has 0 aliphatic carbocycles. The van der Waals surface area contributed by atoms with Gasteiger partial charge in [-0.25, -0.2) is 14.1 Å². The molecule has 100 valence electrons. The van der Waals surface area contributed by atoms with Crippen LogP contribution in [0.15, 0.2) is 18.2 Å². The Morgan fingerprint density at radius 1 is 1.21 bits per heavy atom. The van der Waals surface area contributed by atoms with E-state index in [1.54, 1.807) is 13.0 Å². The number of hydrogen-bond donors (Lipinski definition) is 1. The van der Waals surface area contributed by atoms with E-state index in [4.69, 9.17) is 0 Å². The third-order valence-corrected chi connectivity index (χ3v) is 3.07. The molecule has 2 rings (SSSR count). The highest BCUT2D eigenvalue weighted by molar-refractivity contribution is 6.29. The van der Waals surface area contributed by atoms with Gasteiger partial charge in [0.05, 0.1) is 5.69 Å². The van der Waals surface area contributed by atoms with Crippen molar-refractivity contribution >= 4 is 23.5 Å². The lowest BCUT2D eigenvalue weighted by Crippen LogP contribution is -2.62. The van der Waals surface area contributed by atoms with Gasteiger partial charge in [0.15, 0.2) is 0 Å². The van der Waals surface area contributed by atoms with Gasteiger partial charge in [-0.1, -0.05) is 6.07 Å². The molecule has 1 N–H and O–H groups in total. The van der Waals surface area contributed by atoms with Crippen LogP contribution in [0.4, 0.5) is 14.9 Å². The van der Waals surface area contributed by atoms with Crippen molar-refractivity contribution in [2.75, 3.05) is 4.90 Å². The fourth-order valence-electron chi connectivity index (χ4n) is 1.79. The Morgan fingerprint density at radius 3 is 2.42 bits per heavy atom. The van der Waals surface area contributed by atoms with E-state index in [1.165, 1.54) is 26.0 Å². The maximum absolute atomic E-state index is 13.9. The first kappa shape index (κ1) is 13.2. The molecule has 4 amide bonds. The Kier molecular flexibility index (Phi) is 2.88. The Bertz CT molecular complexity index is 596. The third kappa shape index (κ3) is 1.99. The number of benzene rings is 1. The van der Waals surface area contributed by atoms with Gasteiger partial charge in [0.25, 0.3) is 0 Å². The van der Waals surface area contributed by atoms with E-state index < -0.39 is 29.1 Å². The van der Waals surface area contributed by atoms with Crippen LogP contribution < -0.4 is 10.2 Å². The number of carbonyl (C=O) groups excluding carboxylic acids is 3. The van der Waals surface area contributed by atoms with Crippen molar-refractivity contribution in [3.63, 3.8) is 0 Å². The molecule has 0 spiro atoms. The number of urea groups is 1. The topological polar surface area (TPSA) is 66.5 Å². The molecule has 19 heavy (non-hydrogen) atoms. The molecule has 0 bridgehead atoms. The minimum atomic E-state index is -1.41. The summed E-state index contributed by atoms with van der Waals surface area (Å²) in [6.07, 6.45) is 0. The minimum Gasteiger partial charge on any atom is -0.276 e. The largest absolute Gasteiger partial charge is 0.335 e. The number of rotatable bonds is 1. The first-order valence-electron chi connectivity index (χ1n) is 5.71. The molecule has 1 aromatic carbocycles. The normalized spacial score (nSPS) is 18.5. The van der Waals surface area contributed by atoms with E-state index in [2.05, 4.69) is 5.32 Å². The van der Waals surface area contributed by atoms with Crippen LogP contribution in [0.25, 0.3) is 0 Å². The third-order valence-electron chi connectivity index (χ3n) is 3.07. The van der Waals surface area contributed by atoms with Crippen LogP contribution in [0.1, 0.15) is 19.4 Å². The second-order valence-electron chi connectivity index (χ2n) is 4.98. The highest BCUT2D eigenvalue weighted by Gasteiger charge is 2.48. The quantitative estimate of drug-likeness (QED) is 0.786. The lowest BCUT2D eigenvalue weighted by molar-refractivity contribution is -0.140. The Balaban J connectivity index is 2.52. The Labute approximate surface area is 109 Å². The van der Waals surface area contributed by atoms with Crippen LogP contribution in [0.3, 0.4) is 0 Å². The fraction of sp³-hybridized carbons (Fsp3) is 0.308. The summed E-state index contributed by atoms with van der Waals surface area (Å²) < 4.78 is 13.9. The van der Waals surface area contributed by atoms with Crippen LogP contribution in [-0.2, 0) is 9.59 Å². The molecule has 1 fully saturated rings. The lowest BCUT2D eigenvalue weighted by atomic mass is 9.88. The smallest absolute Gasteiger partial charge is 0.276 e. The number of aryl methyl sites for hydroxylation is 1. The average molecular weight is 264 g/mol. The van der Waals surface area contributed by atoms with Gasteiger partial charge < -0.3 is 0 Å². The molecular weight excluding hydrogens is 251 g/mol. The zero-order valence-corrected chi connectivity index (χ0v) is 10.8. The number of imide groups is 2. The second-order valence-corrected chi connectivity index (χ2v) is 4.98. The summed E-state index contributed by atoms with van der Waals surface area (Å²) in [5.41, 5.74) is -0.902. The van der Waals surface area contributed by atoms with Crippen molar-refractivity contribution in [1.82, 2.24) is 5.32 Å². The summed E-state index contributed by atoms with van der Waals surface area (Å²) in [4.78, 5) is 36.2. The van der Waals surface area contributed by atoms with E-state index in [0.717, 1.165) is 0 Å². The predicted molar refractivity (Wildman–Crippen MR) is 65.9 cm³/mol. The molecule has 0 saturated carbocycles. The van der Waals surface area contributed by atoms with Crippen molar-refractivity contribution in [2.24, 2.45) is 5.41 Å². The zero-order chi connectivity index (χ0) is 14.4. The van der Waals surface area contributed by atoms with Gasteiger partial charge >= 0.3 is 6.03 Å². The molecule has 1 saturated heterocycles. The molecule has 0 aromatic heterocycles. The van der Waals surface area contributed by atoms with Gasteiger partial charge in [0, 0.05) is 0 Å². The molecular formula is C13H13FN2O3. The summed E-state index contributed by atoms with van der Waals surface area (Å²) in [5, 5.41) is 2.05. The summed E-state index contributed by atoms with van der Waals surface area (Å²) in [7, 11) is 0. The van der Waals surface area contributed by atoms with E-state index >= 15 is 0 Å². The van der Waals surface area contributed by atoms with Crippen LogP contribution in [0.2, 0.25) is 0 Å². The van der Waals surface area contributed by atoms with Crippen molar-refractivity contribution in [1.29, 1.82) is 0 Å². The maximum Gasteiger partial charge on any atom is 0.335 e. The van der Waals surface area contributed by atoms with Gasteiger partial charge in [0.2, 0.25) is 11.8 Å². The maximum atomic E-state index is 13.9. The molecule has 0 atom stereocenters. The van der Waals surface area contributed by atoms with Crippen molar-refractivity contribution in [3.05, 3.63) is 29.6 Å². The summed E-state index contributed by atoms with van der Waals surface area (Å²) >= 11 is 0. The minimum absolute atomic E-state index is 0.159. The second kappa shape index (κ2) is 4.15. The zero-order valence-electron chi connectivity index (χ0n) is 10.8. The van der Waals surface area contributed by atoms with Gasteiger partial charge in [-0.15, -0.1) is 0 Å². The molecule has 0 unspecified atom stereocenters. The Morgan fingerprint density at radius 2 is 1.84 bits per heavy atom. The van der Waals surface area contributed by atoms with E-state index in [0.29, 0.717) is 10.5 Å². The van der Waals surface area contributed by atoms with Crippen molar-refractivity contribution in [3.8, 4) is 0 Å². The standard InChI is InChI=1S/C13H13FN2O3/c1-7-4-5-9(8(14)6-7)16-11(18)13(2,3)10(17)15-12(16)19/h4-6H,1-3H3,(H,15,17,19). The van der Waals surface area contributed by atoms with Gasteiger partial charge in [-0.2, -0.15) is 0 Å². The number of nitrogens with one attached hydrogen (secondary N) is 1. The predicted octanol–water partition coefficient (Wildman–Crippen LogP) is 1.74. The number of nitrogens with zero attached hydrogens (tertiary/aromatic N) is 1. The van der Waals surface area contributed by atoms with Crippen LogP contribution in [-0.4, -0.2) is 17.8 Å². The van der Waals surface area contributed by atoms with E-state index in [-0.39, 0.29) is 5.69 Å². The summed E-state index contributed by atoms with van der Waals surface area (Å²) in [6.45, 7) is 4.46. The first-order chi connectivity index (χ1) is 8.75. The van der Waals surface area contributed by atoms with Gasteiger partial charge in [-0.05, 0) is 38.5 Å². The average Bonchev–Trinajstić information content (AvgIpc) is 2.30. The Hall–Kier alpha value is -2.24. The van der Waals surface area contributed by atoms with Crippen molar-refractivity contribution < 1.29 is 18.8 Å². The molecule has 1 aliphatic rings. The monoisotopic (exact) mass is 264 g/mol. The fourth-order valence-corrected chi connectivity index (χ4v) is 1.79. The molecule has 1 aliphatic heterocycles. The van der Waals surface area contributed by atoms with Crippen LogP contribution in [0.5, 0.6) is 0 Å². The first-order valence-corrected chi connectivity index (χ1v) is 5.71. The van der Waals surface area contributed by atoms with Gasteiger partial charge in [-0.3, -0.25) is 14.9 Å². The number of anilines is 1. The number of barbiturate groups is 1. The molecule has 0 radical (unpaired) electrons. The number of halogens is 1.